The Bertz CT molecular complexity index is 231. The summed E-state index contributed by atoms with van der Waals surface area (Å²) in [7, 11) is 0. The smallest absolute Gasteiger partial charge is 0.320 e. The molecule has 0 radical (unpaired) electrons. The van der Waals surface area contributed by atoms with Crippen molar-refractivity contribution in [3.63, 3.8) is 0 Å². The van der Waals surface area contributed by atoms with Gasteiger partial charge < -0.3 is 10.8 Å². The van der Waals surface area contributed by atoms with Gasteiger partial charge in [0.05, 0.1) is 3.23 Å². The summed E-state index contributed by atoms with van der Waals surface area (Å²) in [6.07, 6.45) is 0.819. The molecular formula is C8H13Br2NO3. The van der Waals surface area contributed by atoms with E-state index in [0.717, 1.165) is 6.42 Å². The van der Waals surface area contributed by atoms with Gasteiger partial charge in [-0.3, -0.25) is 9.59 Å². The maximum Gasteiger partial charge on any atom is 0.320 e. The Morgan fingerprint density at radius 1 is 1.50 bits per heavy atom. The topological polar surface area (TPSA) is 80.4 Å². The molecule has 0 aromatic carbocycles. The van der Waals surface area contributed by atoms with Crippen molar-refractivity contribution in [2.45, 2.75) is 35.5 Å². The molecule has 0 spiro atoms. The van der Waals surface area contributed by atoms with Crippen LogP contribution >= 0.6 is 31.9 Å². The van der Waals surface area contributed by atoms with Crippen LogP contribution in [0, 0.1) is 0 Å². The fourth-order valence-electron chi connectivity index (χ4n) is 0.818. The summed E-state index contributed by atoms with van der Waals surface area (Å²) in [6, 6.07) is -1.10. The number of carboxylic acids is 1. The van der Waals surface area contributed by atoms with Crippen LogP contribution < -0.4 is 5.73 Å². The highest BCUT2D eigenvalue weighted by molar-refractivity contribution is 9.25. The number of Topliss-reactive ketones (excluding diaryl/α,β-unsaturated/α-hetero) is 1. The SMILES string of the molecule is CCC(Br)(Br)CC(=O)CC(N)C(=O)O. The second-order valence-electron chi connectivity index (χ2n) is 3.07. The molecule has 3 N–H and O–H groups in total. The number of alkyl halides is 2. The molecule has 0 aromatic heterocycles. The van der Waals surface area contributed by atoms with Gasteiger partial charge in [-0.25, -0.2) is 0 Å². The van der Waals surface area contributed by atoms with Crippen molar-refractivity contribution in [3.8, 4) is 0 Å². The summed E-state index contributed by atoms with van der Waals surface area (Å²) >= 11 is 6.63. The van der Waals surface area contributed by atoms with Crippen LogP contribution in [0.2, 0.25) is 0 Å². The van der Waals surface area contributed by atoms with E-state index in [4.69, 9.17) is 10.8 Å². The van der Waals surface area contributed by atoms with Gasteiger partial charge in [0.2, 0.25) is 0 Å². The molecule has 82 valence electrons. The average molecular weight is 331 g/mol. The molecule has 0 saturated heterocycles. The van der Waals surface area contributed by atoms with Crippen LogP contribution in [0.3, 0.4) is 0 Å². The zero-order valence-corrected chi connectivity index (χ0v) is 11.0. The summed E-state index contributed by atoms with van der Waals surface area (Å²) in [5.41, 5.74) is 5.23. The molecule has 14 heavy (non-hydrogen) atoms. The number of carbonyl (C=O) groups is 2. The van der Waals surface area contributed by atoms with E-state index in [0.29, 0.717) is 0 Å². The predicted molar refractivity (Wildman–Crippen MR) is 60.7 cm³/mol. The summed E-state index contributed by atoms with van der Waals surface area (Å²) in [5, 5.41) is 8.49. The molecular weight excluding hydrogens is 318 g/mol. The molecule has 0 aliphatic rings. The second kappa shape index (κ2) is 5.82. The Morgan fingerprint density at radius 3 is 2.36 bits per heavy atom. The standard InChI is InChI=1S/C8H13Br2NO3/c1-2-8(9,10)4-5(12)3-6(11)7(13)14/h6H,2-4,11H2,1H3,(H,13,14). The van der Waals surface area contributed by atoms with Gasteiger partial charge in [-0.15, -0.1) is 0 Å². The lowest BCUT2D eigenvalue weighted by atomic mass is 10.1. The van der Waals surface area contributed by atoms with E-state index in [1.165, 1.54) is 0 Å². The Morgan fingerprint density at radius 2 is 2.00 bits per heavy atom. The van der Waals surface area contributed by atoms with Crippen molar-refractivity contribution in [1.82, 2.24) is 0 Å². The third-order valence-corrected chi connectivity index (χ3v) is 3.42. The lowest BCUT2D eigenvalue weighted by Crippen LogP contribution is -2.33. The molecule has 1 unspecified atom stereocenters. The zero-order valence-electron chi connectivity index (χ0n) is 7.80. The monoisotopic (exact) mass is 329 g/mol. The molecule has 0 bridgehead atoms. The highest BCUT2D eigenvalue weighted by Gasteiger charge is 2.26. The van der Waals surface area contributed by atoms with Crippen molar-refractivity contribution in [3.05, 3.63) is 0 Å². The number of hydrogen-bond donors (Lipinski definition) is 2. The number of nitrogens with two attached hydrogens (primary N) is 1. The highest BCUT2D eigenvalue weighted by Crippen LogP contribution is 2.34. The van der Waals surface area contributed by atoms with E-state index >= 15 is 0 Å². The Labute approximate surface area is 99.5 Å². The van der Waals surface area contributed by atoms with Crippen LogP contribution in [0.25, 0.3) is 0 Å². The lowest BCUT2D eigenvalue weighted by molar-refractivity contribution is -0.140. The molecule has 0 amide bonds. The minimum absolute atomic E-state index is 0.131. The van der Waals surface area contributed by atoms with Crippen LogP contribution in [-0.4, -0.2) is 26.1 Å². The van der Waals surface area contributed by atoms with Gasteiger partial charge in [-0.1, -0.05) is 38.8 Å². The quantitative estimate of drug-likeness (QED) is 0.725. The summed E-state index contributed by atoms with van der Waals surface area (Å²) in [5.74, 6) is -1.32. The van der Waals surface area contributed by atoms with E-state index in [9.17, 15) is 9.59 Å². The number of aliphatic carboxylic acids is 1. The molecule has 0 aliphatic heterocycles. The Balaban J connectivity index is 4.05. The van der Waals surface area contributed by atoms with E-state index in [2.05, 4.69) is 31.9 Å². The van der Waals surface area contributed by atoms with Gasteiger partial charge in [0.25, 0.3) is 0 Å². The molecule has 0 aliphatic carbocycles. The van der Waals surface area contributed by atoms with Crippen LogP contribution in [0.5, 0.6) is 0 Å². The van der Waals surface area contributed by atoms with Gasteiger partial charge in [-0.2, -0.15) is 0 Å². The Kier molecular flexibility index (Phi) is 5.85. The maximum absolute atomic E-state index is 11.3. The van der Waals surface area contributed by atoms with Crippen molar-refractivity contribution in [1.29, 1.82) is 0 Å². The van der Waals surface area contributed by atoms with Gasteiger partial charge >= 0.3 is 5.97 Å². The Hall–Kier alpha value is 0.0600. The summed E-state index contributed by atoms with van der Waals surface area (Å²) in [6.45, 7) is 1.91. The highest BCUT2D eigenvalue weighted by atomic mass is 79.9. The normalized spacial score (nSPS) is 13.7. The van der Waals surface area contributed by atoms with E-state index in [1.54, 1.807) is 0 Å². The van der Waals surface area contributed by atoms with E-state index < -0.39 is 15.2 Å². The molecule has 0 fully saturated rings. The average Bonchev–Trinajstić information content (AvgIpc) is 2.02. The number of halogens is 2. The van der Waals surface area contributed by atoms with Crippen molar-refractivity contribution >= 4 is 43.6 Å². The zero-order chi connectivity index (χ0) is 11.4. The second-order valence-corrected chi connectivity index (χ2v) is 7.17. The first-order chi connectivity index (χ1) is 6.28. The van der Waals surface area contributed by atoms with Crippen LogP contribution in [0.15, 0.2) is 0 Å². The third kappa shape index (κ3) is 5.72. The van der Waals surface area contributed by atoms with E-state index in [-0.39, 0.29) is 18.6 Å². The number of carbonyl (C=O) groups excluding carboxylic acids is 1. The summed E-state index contributed by atoms with van der Waals surface area (Å²) < 4.78 is -0.435. The third-order valence-electron chi connectivity index (χ3n) is 1.74. The van der Waals surface area contributed by atoms with Crippen molar-refractivity contribution < 1.29 is 14.7 Å². The minimum Gasteiger partial charge on any atom is -0.480 e. The first-order valence-corrected chi connectivity index (χ1v) is 5.75. The molecule has 0 aromatic rings. The van der Waals surface area contributed by atoms with E-state index in [1.807, 2.05) is 6.92 Å². The van der Waals surface area contributed by atoms with Gasteiger partial charge in [-0.05, 0) is 6.42 Å². The molecule has 6 heteroatoms. The largest absolute Gasteiger partial charge is 0.480 e. The first kappa shape index (κ1) is 14.1. The first-order valence-electron chi connectivity index (χ1n) is 4.16. The number of ketones is 1. The molecule has 0 rings (SSSR count). The molecule has 1 atom stereocenters. The maximum atomic E-state index is 11.3. The van der Waals surface area contributed by atoms with Gasteiger partial charge in [0, 0.05) is 12.8 Å². The molecule has 0 heterocycles. The van der Waals surface area contributed by atoms with Crippen molar-refractivity contribution in [2.24, 2.45) is 5.73 Å². The predicted octanol–water partition coefficient (Wildman–Crippen LogP) is 1.64. The lowest BCUT2D eigenvalue weighted by Gasteiger charge is -2.17. The van der Waals surface area contributed by atoms with Crippen LogP contribution in [0.4, 0.5) is 0 Å². The van der Waals surface area contributed by atoms with Gasteiger partial charge in [0.1, 0.15) is 11.8 Å². The fourth-order valence-corrected chi connectivity index (χ4v) is 1.44. The molecule has 4 nitrogen and oxygen atoms in total. The minimum atomic E-state index is -1.15. The van der Waals surface area contributed by atoms with Gasteiger partial charge in [0.15, 0.2) is 0 Å². The summed E-state index contributed by atoms with van der Waals surface area (Å²) in [4.78, 5) is 21.7. The van der Waals surface area contributed by atoms with Crippen LogP contribution in [0.1, 0.15) is 26.2 Å². The number of hydrogen-bond acceptors (Lipinski definition) is 3. The molecule has 0 saturated carbocycles. The van der Waals surface area contributed by atoms with Crippen LogP contribution in [-0.2, 0) is 9.59 Å². The number of carboxylic acid groups (broad SMARTS) is 1. The van der Waals surface area contributed by atoms with Crippen molar-refractivity contribution in [2.75, 3.05) is 0 Å². The fraction of sp³-hybridized carbons (Fsp3) is 0.750. The number of rotatable bonds is 6.